The largest absolute Gasteiger partial charge is 0.369 e. The van der Waals surface area contributed by atoms with Gasteiger partial charge in [-0.15, -0.1) is 0 Å². The molecule has 0 unspecified atom stereocenters. The third kappa shape index (κ3) is 5.17. The third-order valence-corrected chi connectivity index (χ3v) is 6.40. The lowest BCUT2D eigenvalue weighted by atomic mass is 10.1. The third-order valence-electron chi connectivity index (χ3n) is 4.83. The number of nitrogens with zero attached hydrogens (tertiary/aromatic N) is 4. The normalized spacial score (nSPS) is 15.1. The van der Waals surface area contributed by atoms with Gasteiger partial charge in [0.15, 0.2) is 0 Å². The summed E-state index contributed by atoms with van der Waals surface area (Å²) in [6.07, 6.45) is 2.60. The van der Waals surface area contributed by atoms with Crippen LogP contribution in [0.25, 0.3) is 11.4 Å². The van der Waals surface area contributed by atoms with E-state index in [-0.39, 0.29) is 5.82 Å². The van der Waals surface area contributed by atoms with Crippen molar-refractivity contribution in [3.8, 4) is 23.2 Å². The van der Waals surface area contributed by atoms with Crippen molar-refractivity contribution in [1.82, 2.24) is 14.4 Å². The van der Waals surface area contributed by atoms with Gasteiger partial charge in [0.05, 0.1) is 5.41 Å². The molecule has 2 heterocycles. The van der Waals surface area contributed by atoms with Gasteiger partial charge in [-0.3, -0.25) is 0 Å². The summed E-state index contributed by atoms with van der Waals surface area (Å²) in [7, 11) is -3.55. The molecule has 3 aromatic rings. The molecule has 4 rings (SSSR count). The first-order valence-corrected chi connectivity index (χ1v) is 11.1. The van der Waals surface area contributed by atoms with E-state index >= 15 is 0 Å². The van der Waals surface area contributed by atoms with Crippen molar-refractivity contribution >= 4 is 15.7 Å². The van der Waals surface area contributed by atoms with Gasteiger partial charge in [-0.05, 0) is 48.5 Å². The van der Waals surface area contributed by atoms with Crippen LogP contribution >= 0.6 is 0 Å². The number of benzene rings is 2. The molecule has 0 amide bonds. The van der Waals surface area contributed by atoms with E-state index in [9.17, 15) is 12.8 Å². The zero-order valence-electron chi connectivity index (χ0n) is 16.5. The van der Waals surface area contributed by atoms with Crippen molar-refractivity contribution in [3.63, 3.8) is 0 Å². The van der Waals surface area contributed by atoms with Gasteiger partial charge in [-0.1, -0.05) is 17.0 Å². The van der Waals surface area contributed by atoms with Crippen molar-refractivity contribution in [2.45, 2.75) is 0 Å². The van der Waals surface area contributed by atoms with Crippen molar-refractivity contribution in [3.05, 3.63) is 77.8 Å². The average Bonchev–Trinajstić information content (AvgIpc) is 3.33. The molecule has 0 saturated carbocycles. The highest BCUT2D eigenvalue weighted by Gasteiger charge is 2.25. The van der Waals surface area contributed by atoms with Crippen LogP contribution in [0.1, 0.15) is 5.56 Å². The molecule has 0 bridgehead atoms. The van der Waals surface area contributed by atoms with Crippen LogP contribution in [-0.4, -0.2) is 49.0 Å². The Labute approximate surface area is 179 Å². The second kappa shape index (κ2) is 9.12. The maximum atomic E-state index is 13.1. The van der Waals surface area contributed by atoms with Gasteiger partial charge in [0.1, 0.15) is 5.82 Å². The molecule has 0 N–H and O–H groups in total. The van der Waals surface area contributed by atoms with Gasteiger partial charge in [0.2, 0.25) is 22.2 Å². The summed E-state index contributed by atoms with van der Waals surface area (Å²) in [4.78, 5) is 6.01. The Balaban J connectivity index is 1.33. The first kappa shape index (κ1) is 20.8. The minimum absolute atomic E-state index is 0.292. The summed E-state index contributed by atoms with van der Waals surface area (Å²) in [5.41, 5.74) is 2.42. The fourth-order valence-corrected chi connectivity index (χ4v) is 4.27. The van der Waals surface area contributed by atoms with E-state index < -0.39 is 10.0 Å². The highest BCUT2D eigenvalue weighted by Crippen LogP contribution is 2.18. The Morgan fingerprint density at radius 1 is 1.00 bits per heavy atom. The van der Waals surface area contributed by atoms with Crippen LogP contribution in [0.5, 0.6) is 0 Å². The molecule has 0 radical (unpaired) electrons. The Morgan fingerprint density at radius 3 is 2.35 bits per heavy atom. The Morgan fingerprint density at radius 2 is 1.71 bits per heavy atom. The monoisotopic (exact) mass is 438 g/mol. The minimum atomic E-state index is -3.55. The topological polar surface area (TPSA) is 79.5 Å². The number of allylic oxidation sites excluding steroid dienone is 1. The second-order valence-electron chi connectivity index (χ2n) is 6.81. The van der Waals surface area contributed by atoms with Crippen molar-refractivity contribution in [2.24, 2.45) is 0 Å². The number of piperazine rings is 1. The lowest BCUT2D eigenvalue weighted by molar-refractivity contribution is 0.390. The van der Waals surface area contributed by atoms with E-state index in [0.29, 0.717) is 32.0 Å². The highest BCUT2D eigenvalue weighted by atomic mass is 32.2. The summed E-state index contributed by atoms with van der Waals surface area (Å²) in [5.74, 6) is 5.86. The lowest BCUT2D eigenvalue weighted by Gasteiger charge is -2.34. The molecule has 2 aromatic carbocycles. The molecular weight excluding hydrogens is 419 g/mol. The van der Waals surface area contributed by atoms with E-state index in [1.807, 2.05) is 17.0 Å². The smallest absolute Gasteiger partial charge is 0.236 e. The van der Waals surface area contributed by atoms with E-state index in [2.05, 4.69) is 22.0 Å². The fourth-order valence-electron chi connectivity index (χ4n) is 3.18. The first-order valence-electron chi connectivity index (χ1n) is 9.57. The molecule has 158 valence electrons. The van der Waals surface area contributed by atoms with E-state index in [4.69, 9.17) is 4.52 Å². The summed E-state index contributed by atoms with van der Waals surface area (Å²) < 4.78 is 44.3. The van der Waals surface area contributed by atoms with Crippen molar-refractivity contribution in [1.29, 1.82) is 0 Å². The molecule has 1 saturated heterocycles. The van der Waals surface area contributed by atoms with Gasteiger partial charge >= 0.3 is 0 Å². The molecule has 0 spiro atoms. The van der Waals surface area contributed by atoms with Gasteiger partial charge < -0.3 is 9.42 Å². The quantitative estimate of drug-likeness (QED) is 0.583. The van der Waals surface area contributed by atoms with Gasteiger partial charge in [0.25, 0.3) is 0 Å². The zero-order chi connectivity index (χ0) is 21.7. The number of hydrogen-bond donors (Lipinski definition) is 0. The Bertz CT molecular complexity index is 1200. The number of halogens is 1. The number of aromatic nitrogens is 2. The molecule has 9 heteroatoms. The zero-order valence-corrected chi connectivity index (χ0v) is 17.3. The SMILES string of the molecule is O=S(=O)(/C=C/C#Cc1ccc(-c2ncon2)cc1)N1CCN(c2ccc(F)cc2)CC1. The van der Waals surface area contributed by atoms with E-state index in [1.165, 1.54) is 28.9 Å². The molecular formula is C22H19FN4O3S. The van der Waals surface area contributed by atoms with Crippen molar-refractivity contribution < 1.29 is 17.3 Å². The molecule has 31 heavy (non-hydrogen) atoms. The van der Waals surface area contributed by atoms with Gasteiger partial charge in [-0.2, -0.15) is 9.29 Å². The average molecular weight is 438 g/mol. The number of hydrogen-bond acceptors (Lipinski definition) is 6. The summed E-state index contributed by atoms with van der Waals surface area (Å²) in [6.45, 7) is 1.79. The molecule has 1 aliphatic rings. The number of sulfonamides is 1. The summed E-state index contributed by atoms with van der Waals surface area (Å²) >= 11 is 0. The first-order chi connectivity index (χ1) is 15.0. The maximum absolute atomic E-state index is 13.1. The van der Waals surface area contributed by atoms with Crippen LogP contribution in [0.15, 0.2) is 70.9 Å². The van der Waals surface area contributed by atoms with E-state index in [0.717, 1.165) is 22.2 Å². The summed E-state index contributed by atoms with van der Waals surface area (Å²) in [6, 6.07) is 13.4. The van der Waals surface area contributed by atoms with E-state index in [1.54, 1.807) is 24.3 Å². The highest BCUT2D eigenvalue weighted by molar-refractivity contribution is 7.92. The second-order valence-corrected chi connectivity index (χ2v) is 8.63. The number of anilines is 1. The molecule has 1 aliphatic heterocycles. The molecule has 1 aromatic heterocycles. The van der Waals surface area contributed by atoms with Crippen LogP contribution in [0.2, 0.25) is 0 Å². The predicted octanol–water partition coefficient (Wildman–Crippen LogP) is 2.89. The standard InChI is InChI=1S/C22H19FN4O3S/c23-20-8-10-21(11-9-20)26-12-14-27(15-13-26)31(28,29)16-2-1-3-18-4-6-19(7-5-18)22-24-17-30-25-22/h2,4-11,16-17H,12-15H2/b16-2+. The van der Waals surface area contributed by atoms with Crippen LogP contribution in [0, 0.1) is 17.7 Å². The Hall–Kier alpha value is -3.48. The minimum Gasteiger partial charge on any atom is -0.369 e. The molecule has 0 aliphatic carbocycles. The maximum Gasteiger partial charge on any atom is 0.236 e. The van der Waals surface area contributed by atoms with Gasteiger partial charge in [-0.25, -0.2) is 12.8 Å². The summed E-state index contributed by atoms with van der Waals surface area (Å²) in [5, 5.41) is 4.89. The predicted molar refractivity (Wildman–Crippen MR) is 115 cm³/mol. The molecule has 0 atom stereocenters. The van der Waals surface area contributed by atoms with Crippen LogP contribution in [0.3, 0.4) is 0 Å². The molecule has 7 nitrogen and oxygen atoms in total. The van der Waals surface area contributed by atoms with Crippen LogP contribution in [-0.2, 0) is 10.0 Å². The molecule has 1 fully saturated rings. The number of rotatable bonds is 4. The fraction of sp³-hybridized carbons (Fsp3) is 0.182. The van der Waals surface area contributed by atoms with Crippen LogP contribution < -0.4 is 4.90 Å². The van der Waals surface area contributed by atoms with Gasteiger partial charge in [0, 0.05) is 49.1 Å². The Kier molecular flexibility index (Phi) is 6.11. The lowest BCUT2D eigenvalue weighted by Crippen LogP contribution is -2.48. The van der Waals surface area contributed by atoms with Crippen LogP contribution in [0.4, 0.5) is 10.1 Å². The van der Waals surface area contributed by atoms with Crippen molar-refractivity contribution in [2.75, 3.05) is 31.1 Å².